The summed E-state index contributed by atoms with van der Waals surface area (Å²) in [4.78, 5) is 27.3. The highest BCUT2D eigenvalue weighted by atomic mass is 19.1. The van der Waals surface area contributed by atoms with Crippen molar-refractivity contribution in [2.45, 2.75) is 12.5 Å². The largest absolute Gasteiger partial charge is 0.508 e. The number of rotatable bonds is 5. The Labute approximate surface area is 173 Å². The fourth-order valence-corrected chi connectivity index (χ4v) is 3.38. The van der Waals surface area contributed by atoms with E-state index in [4.69, 9.17) is 0 Å². The number of esters is 1. The molecule has 8 heteroatoms. The van der Waals surface area contributed by atoms with Gasteiger partial charge in [0.25, 0.3) is 0 Å². The molecule has 0 aromatic heterocycles. The van der Waals surface area contributed by atoms with Crippen molar-refractivity contribution in [2.24, 2.45) is 0 Å². The summed E-state index contributed by atoms with van der Waals surface area (Å²) in [5.41, 5.74) is 1.15. The van der Waals surface area contributed by atoms with Crippen molar-refractivity contribution in [3.05, 3.63) is 71.3 Å². The number of carbonyl (C=O) groups is 2. The first-order valence-corrected chi connectivity index (χ1v) is 9.33. The van der Waals surface area contributed by atoms with Gasteiger partial charge >= 0.3 is 12.0 Å². The molecule has 30 heavy (non-hydrogen) atoms. The van der Waals surface area contributed by atoms with Crippen molar-refractivity contribution < 1.29 is 28.2 Å². The number of phenols is 1. The van der Waals surface area contributed by atoms with Crippen LogP contribution in [0.1, 0.15) is 23.6 Å². The molecule has 1 atom stereocenters. The minimum Gasteiger partial charge on any atom is -0.508 e. The number of halogens is 2. The molecule has 0 bridgehead atoms. The topological polar surface area (TPSA) is 70.1 Å². The zero-order valence-electron chi connectivity index (χ0n) is 16.6. The number of aromatic hydroxyl groups is 1. The predicted octanol–water partition coefficient (Wildman–Crippen LogP) is 3.73. The molecular formula is C22H22F2N2O4. The van der Waals surface area contributed by atoms with Gasteiger partial charge in [-0.05, 0) is 41.5 Å². The Morgan fingerprint density at radius 1 is 1.23 bits per heavy atom. The molecule has 1 unspecified atom stereocenters. The number of amides is 2. The molecule has 158 valence electrons. The molecule has 0 saturated carbocycles. The van der Waals surface area contributed by atoms with Gasteiger partial charge in [-0.2, -0.15) is 0 Å². The second-order valence-corrected chi connectivity index (χ2v) is 7.01. The summed E-state index contributed by atoms with van der Waals surface area (Å²) in [5, 5.41) is 9.85. The lowest BCUT2D eigenvalue weighted by atomic mass is 10.0. The van der Waals surface area contributed by atoms with Gasteiger partial charge in [0.15, 0.2) is 0 Å². The predicted molar refractivity (Wildman–Crippen MR) is 107 cm³/mol. The van der Waals surface area contributed by atoms with Crippen LogP contribution < -0.4 is 0 Å². The quantitative estimate of drug-likeness (QED) is 0.755. The number of nitrogens with zero attached hydrogens (tertiary/aromatic N) is 2. The van der Waals surface area contributed by atoms with Crippen molar-refractivity contribution >= 4 is 17.6 Å². The Hall–Kier alpha value is -3.42. The lowest BCUT2D eigenvalue weighted by Crippen LogP contribution is -2.42. The maximum absolute atomic E-state index is 14.3. The van der Waals surface area contributed by atoms with Gasteiger partial charge < -0.3 is 19.6 Å². The number of phenolic OH excluding ortho intramolecular Hbond substituents is 1. The summed E-state index contributed by atoms with van der Waals surface area (Å²) in [5.74, 6) is -1.59. The van der Waals surface area contributed by atoms with Crippen LogP contribution >= 0.6 is 0 Å². The van der Waals surface area contributed by atoms with E-state index in [1.165, 1.54) is 29.0 Å². The Bertz CT molecular complexity index is 993. The molecular weight excluding hydrogens is 394 g/mol. The lowest BCUT2D eigenvalue weighted by Gasteiger charge is -2.30. The van der Waals surface area contributed by atoms with Gasteiger partial charge in [0, 0.05) is 25.7 Å². The summed E-state index contributed by atoms with van der Waals surface area (Å²) in [6.07, 6.45) is 1.71. The lowest BCUT2D eigenvalue weighted by molar-refractivity contribution is -0.140. The maximum Gasteiger partial charge on any atom is 0.320 e. The third-order valence-electron chi connectivity index (χ3n) is 4.97. The SMILES string of the molecule is COC(=O)CCN(C)C(=O)N1CC(c2cc(F)ccc2F)=CC1c1cccc(O)c1. The number of urea groups is 1. The summed E-state index contributed by atoms with van der Waals surface area (Å²) < 4.78 is 32.6. The van der Waals surface area contributed by atoms with E-state index in [1.807, 2.05) is 0 Å². The van der Waals surface area contributed by atoms with Crippen LogP contribution in [0, 0.1) is 11.6 Å². The van der Waals surface area contributed by atoms with Crippen LogP contribution in [0.2, 0.25) is 0 Å². The molecule has 2 amide bonds. The van der Waals surface area contributed by atoms with Gasteiger partial charge in [-0.3, -0.25) is 4.79 Å². The summed E-state index contributed by atoms with van der Waals surface area (Å²) in [7, 11) is 2.82. The molecule has 0 fully saturated rings. The van der Waals surface area contributed by atoms with Crippen molar-refractivity contribution in [3.8, 4) is 5.75 Å². The number of methoxy groups -OCH3 is 1. The Balaban J connectivity index is 1.92. The molecule has 6 nitrogen and oxygen atoms in total. The number of hydrogen-bond acceptors (Lipinski definition) is 4. The number of ether oxygens (including phenoxy) is 1. The first-order chi connectivity index (χ1) is 14.3. The molecule has 2 aromatic carbocycles. The summed E-state index contributed by atoms with van der Waals surface area (Å²) >= 11 is 0. The van der Waals surface area contributed by atoms with E-state index >= 15 is 0 Å². The normalized spacial score (nSPS) is 15.7. The minimum absolute atomic E-state index is 0.0257. The molecule has 1 N–H and O–H groups in total. The molecule has 1 aliphatic rings. The van der Waals surface area contributed by atoms with E-state index < -0.39 is 29.7 Å². The van der Waals surface area contributed by atoms with Crippen molar-refractivity contribution in [1.29, 1.82) is 0 Å². The molecule has 1 heterocycles. The second kappa shape index (κ2) is 8.94. The average molecular weight is 416 g/mol. The molecule has 0 saturated heterocycles. The molecule has 0 spiro atoms. The molecule has 0 radical (unpaired) electrons. The standard InChI is InChI=1S/C22H22F2N2O4/c1-25(9-8-21(28)30-2)22(29)26-13-15(18-12-16(23)6-7-19(18)24)11-20(26)14-4-3-5-17(27)10-14/h3-7,10-12,20,27H,8-9,13H2,1-2H3. The fourth-order valence-electron chi connectivity index (χ4n) is 3.38. The highest BCUT2D eigenvalue weighted by Crippen LogP contribution is 2.37. The highest BCUT2D eigenvalue weighted by Gasteiger charge is 2.33. The fraction of sp³-hybridized carbons (Fsp3) is 0.273. The van der Waals surface area contributed by atoms with Crippen molar-refractivity contribution in [1.82, 2.24) is 9.80 Å². The first-order valence-electron chi connectivity index (χ1n) is 9.33. The third kappa shape index (κ3) is 4.59. The van der Waals surface area contributed by atoms with E-state index in [-0.39, 0.29) is 30.8 Å². The smallest absolute Gasteiger partial charge is 0.320 e. The van der Waals surface area contributed by atoms with Crippen molar-refractivity contribution in [2.75, 3.05) is 27.2 Å². The van der Waals surface area contributed by atoms with E-state index in [0.717, 1.165) is 18.2 Å². The van der Waals surface area contributed by atoms with Gasteiger partial charge in [-0.25, -0.2) is 13.6 Å². The van der Waals surface area contributed by atoms with E-state index in [0.29, 0.717) is 11.1 Å². The molecule has 0 aliphatic carbocycles. The Morgan fingerprint density at radius 3 is 2.70 bits per heavy atom. The molecule has 2 aromatic rings. The van der Waals surface area contributed by atoms with Crippen LogP contribution in [0.3, 0.4) is 0 Å². The van der Waals surface area contributed by atoms with Crippen LogP contribution in [-0.4, -0.2) is 54.2 Å². The highest BCUT2D eigenvalue weighted by molar-refractivity contribution is 5.82. The van der Waals surface area contributed by atoms with Gasteiger partial charge in [0.05, 0.1) is 19.6 Å². The van der Waals surface area contributed by atoms with Gasteiger partial charge in [-0.15, -0.1) is 0 Å². The van der Waals surface area contributed by atoms with Crippen LogP contribution in [0.15, 0.2) is 48.5 Å². The van der Waals surface area contributed by atoms with Crippen LogP contribution in [0.25, 0.3) is 5.57 Å². The Kier molecular flexibility index (Phi) is 6.34. The number of benzene rings is 2. The van der Waals surface area contributed by atoms with Gasteiger partial charge in [-0.1, -0.05) is 18.2 Å². The molecule has 1 aliphatic heterocycles. The van der Waals surface area contributed by atoms with E-state index in [9.17, 15) is 23.5 Å². The zero-order valence-corrected chi connectivity index (χ0v) is 16.6. The number of hydrogen-bond donors (Lipinski definition) is 1. The van der Waals surface area contributed by atoms with E-state index in [1.54, 1.807) is 25.3 Å². The summed E-state index contributed by atoms with van der Waals surface area (Å²) in [6.45, 7) is 0.181. The molecule has 3 rings (SSSR count). The van der Waals surface area contributed by atoms with Crippen LogP contribution in [-0.2, 0) is 9.53 Å². The monoisotopic (exact) mass is 416 g/mol. The maximum atomic E-state index is 14.3. The first kappa shape index (κ1) is 21.3. The number of carbonyl (C=O) groups excluding carboxylic acids is 2. The van der Waals surface area contributed by atoms with E-state index in [2.05, 4.69) is 4.74 Å². The van der Waals surface area contributed by atoms with Crippen LogP contribution in [0.4, 0.5) is 13.6 Å². The third-order valence-corrected chi connectivity index (χ3v) is 4.97. The van der Waals surface area contributed by atoms with Crippen LogP contribution in [0.5, 0.6) is 5.75 Å². The Morgan fingerprint density at radius 2 is 2.00 bits per heavy atom. The average Bonchev–Trinajstić information content (AvgIpc) is 3.18. The van der Waals surface area contributed by atoms with Gasteiger partial charge in [0.2, 0.25) is 0 Å². The minimum atomic E-state index is -0.595. The second-order valence-electron chi connectivity index (χ2n) is 7.01. The van der Waals surface area contributed by atoms with Gasteiger partial charge in [0.1, 0.15) is 17.4 Å². The zero-order chi connectivity index (χ0) is 21.8. The van der Waals surface area contributed by atoms with Crippen molar-refractivity contribution in [3.63, 3.8) is 0 Å². The summed E-state index contributed by atoms with van der Waals surface area (Å²) in [6, 6.07) is 8.58.